The van der Waals surface area contributed by atoms with Crippen molar-refractivity contribution in [1.82, 2.24) is 0 Å². The minimum absolute atomic E-state index is 0.115. The van der Waals surface area contributed by atoms with Gasteiger partial charge in [-0.2, -0.15) is 0 Å². The van der Waals surface area contributed by atoms with Crippen molar-refractivity contribution >= 4 is 15.6 Å². The smallest absolute Gasteiger partial charge is 0.166 e. The minimum Gasteiger partial charge on any atom is -0.294 e. The van der Waals surface area contributed by atoms with E-state index in [-0.39, 0.29) is 22.2 Å². The first kappa shape index (κ1) is 13.8. The van der Waals surface area contributed by atoms with Crippen molar-refractivity contribution in [2.75, 3.05) is 0 Å². The van der Waals surface area contributed by atoms with Gasteiger partial charge in [0.25, 0.3) is 0 Å². The molecule has 4 heteroatoms. The molecule has 0 aliphatic carbocycles. The Bertz CT molecular complexity index is 620. The second kappa shape index (κ2) is 4.69. The van der Waals surface area contributed by atoms with E-state index in [9.17, 15) is 13.2 Å². The second-order valence-electron chi connectivity index (χ2n) is 6.21. The lowest BCUT2D eigenvalue weighted by atomic mass is 9.86. The summed E-state index contributed by atoms with van der Waals surface area (Å²) in [5, 5.41) is -0.556. The Morgan fingerprint density at radius 3 is 2.05 bits per heavy atom. The lowest BCUT2D eigenvalue weighted by Gasteiger charge is -2.27. The first-order valence-corrected chi connectivity index (χ1v) is 8.85. The molecule has 1 aromatic carbocycles. The molecule has 0 radical (unpaired) electrons. The molecule has 2 unspecified atom stereocenters. The molecule has 2 aliphatic heterocycles. The van der Waals surface area contributed by atoms with Gasteiger partial charge >= 0.3 is 0 Å². The fourth-order valence-corrected chi connectivity index (χ4v) is 6.30. The highest BCUT2D eigenvalue weighted by atomic mass is 32.2. The van der Waals surface area contributed by atoms with E-state index < -0.39 is 9.84 Å². The molecule has 2 heterocycles. The standard InChI is InChI=1S/C16H20O3S/c1-10-4-3-5-11(2)15(10)16(17)12-8-13-6-7-14(9-12)20(13,18)19/h3-5,12-14H,6-9H2,1-2H3. The summed E-state index contributed by atoms with van der Waals surface area (Å²) in [6.45, 7) is 3.91. The van der Waals surface area contributed by atoms with Crippen LogP contribution in [0.1, 0.15) is 47.2 Å². The number of hydrogen-bond acceptors (Lipinski definition) is 3. The fourth-order valence-electron chi connectivity index (χ4n) is 3.83. The molecule has 0 aromatic heterocycles. The van der Waals surface area contributed by atoms with Crippen molar-refractivity contribution in [1.29, 1.82) is 0 Å². The molecule has 2 fully saturated rings. The maximum Gasteiger partial charge on any atom is 0.166 e. The zero-order chi connectivity index (χ0) is 14.5. The van der Waals surface area contributed by atoms with Crippen LogP contribution in [0.3, 0.4) is 0 Å². The van der Waals surface area contributed by atoms with Gasteiger partial charge in [0.1, 0.15) is 0 Å². The zero-order valence-electron chi connectivity index (χ0n) is 11.9. The molecule has 0 amide bonds. The average molecular weight is 292 g/mol. The molecule has 108 valence electrons. The fraction of sp³-hybridized carbons (Fsp3) is 0.562. The van der Waals surface area contributed by atoms with Gasteiger partial charge in [-0.25, -0.2) is 8.42 Å². The number of rotatable bonds is 2. The summed E-state index contributed by atoms with van der Waals surface area (Å²) in [5.41, 5.74) is 2.79. The number of ketones is 1. The Balaban J connectivity index is 1.91. The van der Waals surface area contributed by atoms with Crippen LogP contribution in [0.4, 0.5) is 0 Å². The SMILES string of the molecule is Cc1cccc(C)c1C(=O)C1CC2CCC(C1)S2(=O)=O. The van der Waals surface area contributed by atoms with Crippen molar-refractivity contribution < 1.29 is 13.2 Å². The van der Waals surface area contributed by atoms with E-state index >= 15 is 0 Å². The predicted molar refractivity (Wildman–Crippen MR) is 78.7 cm³/mol. The zero-order valence-corrected chi connectivity index (χ0v) is 12.7. The van der Waals surface area contributed by atoms with Crippen LogP contribution in [-0.2, 0) is 9.84 Å². The quantitative estimate of drug-likeness (QED) is 0.788. The van der Waals surface area contributed by atoms with Gasteiger partial charge in [-0.05, 0) is 50.7 Å². The van der Waals surface area contributed by atoms with Crippen molar-refractivity contribution in [3.63, 3.8) is 0 Å². The van der Waals surface area contributed by atoms with Crippen molar-refractivity contribution in [2.24, 2.45) is 5.92 Å². The summed E-state index contributed by atoms with van der Waals surface area (Å²) in [6, 6.07) is 5.86. The van der Waals surface area contributed by atoms with E-state index in [1.165, 1.54) is 0 Å². The van der Waals surface area contributed by atoms with Crippen LogP contribution in [0, 0.1) is 19.8 Å². The number of aryl methyl sites for hydroxylation is 2. The van der Waals surface area contributed by atoms with Crippen LogP contribution >= 0.6 is 0 Å². The number of carbonyl (C=O) groups excluding carboxylic acids is 1. The summed E-state index contributed by atoms with van der Waals surface area (Å²) in [5.74, 6) is 0.0308. The summed E-state index contributed by atoms with van der Waals surface area (Å²) < 4.78 is 24.2. The van der Waals surface area contributed by atoms with Crippen molar-refractivity contribution in [3.05, 3.63) is 34.9 Å². The minimum atomic E-state index is -2.95. The molecule has 3 rings (SSSR count). The second-order valence-corrected chi connectivity index (χ2v) is 8.72. The van der Waals surface area contributed by atoms with Crippen molar-refractivity contribution in [2.45, 2.75) is 50.0 Å². The third kappa shape index (κ3) is 2.01. The van der Waals surface area contributed by atoms with Crippen LogP contribution in [0.25, 0.3) is 0 Å². The van der Waals surface area contributed by atoms with Gasteiger partial charge in [-0.3, -0.25) is 4.79 Å². The molecule has 0 saturated carbocycles. The molecule has 2 saturated heterocycles. The molecule has 20 heavy (non-hydrogen) atoms. The van der Waals surface area contributed by atoms with Gasteiger partial charge < -0.3 is 0 Å². The molecule has 3 nitrogen and oxygen atoms in total. The monoisotopic (exact) mass is 292 g/mol. The van der Waals surface area contributed by atoms with E-state index in [1.807, 2.05) is 32.0 Å². The van der Waals surface area contributed by atoms with E-state index in [0.29, 0.717) is 12.8 Å². The molecular weight excluding hydrogens is 272 g/mol. The number of Topliss-reactive ketones (excluding diaryl/α,β-unsaturated/α-hetero) is 1. The molecule has 2 bridgehead atoms. The number of sulfone groups is 1. The lowest BCUT2D eigenvalue weighted by molar-refractivity contribution is 0.0904. The Morgan fingerprint density at radius 2 is 1.55 bits per heavy atom. The first-order valence-electron chi connectivity index (χ1n) is 7.24. The van der Waals surface area contributed by atoms with Gasteiger partial charge in [0.05, 0.1) is 10.5 Å². The number of hydrogen-bond donors (Lipinski definition) is 0. The van der Waals surface area contributed by atoms with Gasteiger partial charge in [0.15, 0.2) is 15.6 Å². The van der Waals surface area contributed by atoms with Crippen LogP contribution in [0.5, 0.6) is 0 Å². The Morgan fingerprint density at radius 1 is 1.05 bits per heavy atom. The van der Waals surface area contributed by atoms with Crippen LogP contribution in [0.2, 0.25) is 0 Å². The summed E-state index contributed by atoms with van der Waals surface area (Å²) >= 11 is 0. The third-order valence-electron chi connectivity index (χ3n) is 4.93. The highest BCUT2D eigenvalue weighted by Gasteiger charge is 2.48. The van der Waals surface area contributed by atoms with Crippen LogP contribution in [0.15, 0.2) is 18.2 Å². The predicted octanol–water partition coefficient (Wildman–Crippen LogP) is 2.84. The van der Waals surface area contributed by atoms with Gasteiger partial charge in [0.2, 0.25) is 0 Å². The topological polar surface area (TPSA) is 51.2 Å². The number of benzene rings is 1. The number of fused-ring (bicyclic) bond motifs is 2. The average Bonchev–Trinajstić information content (AvgIpc) is 2.57. The van der Waals surface area contributed by atoms with E-state index in [2.05, 4.69) is 0 Å². The summed E-state index contributed by atoms with van der Waals surface area (Å²) in [7, 11) is -2.95. The van der Waals surface area contributed by atoms with Gasteiger partial charge in [0, 0.05) is 11.5 Å². The van der Waals surface area contributed by atoms with Crippen molar-refractivity contribution in [3.8, 4) is 0 Å². The maximum atomic E-state index is 12.8. The summed E-state index contributed by atoms with van der Waals surface area (Å²) in [6.07, 6.45) is 2.52. The maximum absolute atomic E-state index is 12.8. The molecule has 2 aliphatic rings. The highest BCUT2D eigenvalue weighted by molar-refractivity contribution is 7.93. The molecule has 2 atom stereocenters. The largest absolute Gasteiger partial charge is 0.294 e. The van der Waals surface area contributed by atoms with Crippen LogP contribution < -0.4 is 0 Å². The normalized spacial score (nSPS) is 31.2. The first-order chi connectivity index (χ1) is 9.41. The number of carbonyl (C=O) groups is 1. The van der Waals surface area contributed by atoms with E-state index in [0.717, 1.165) is 29.5 Å². The lowest BCUT2D eigenvalue weighted by Crippen LogP contribution is -2.36. The van der Waals surface area contributed by atoms with Crippen LogP contribution in [-0.4, -0.2) is 24.7 Å². The molecule has 0 spiro atoms. The van der Waals surface area contributed by atoms with Gasteiger partial charge in [-0.1, -0.05) is 18.2 Å². The Hall–Kier alpha value is -1.16. The molecule has 0 N–H and O–H groups in total. The van der Waals surface area contributed by atoms with Gasteiger partial charge in [-0.15, -0.1) is 0 Å². The Labute approximate surface area is 120 Å². The molecular formula is C16H20O3S. The third-order valence-corrected chi connectivity index (χ3v) is 7.65. The van der Waals surface area contributed by atoms with E-state index in [1.54, 1.807) is 0 Å². The Kier molecular flexibility index (Phi) is 3.24. The highest BCUT2D eigenvalue weighted by Crippen LogP contribution is 2.42. The molecule has 1 aromatic rings. The van der Waals surface area contributed by atoms with E-state index in [4.69, 9.17) is 0 Å². The summed E-state index contributed by atoms with van der Waals surface area (Å²) in [4.78, 5) is 12.8.